The molecule has 1 aromatic heterocycles. The predicted molar refractivity (Wildman–Crippen MR) is 70.2 cm³/mol. The van der Waals surface area contributed by atoms with Gasteiger partial charge in [0.05, 0.1) is 12.2 Å². The summed E-state index contributed by atoms with van der Waals surface area (Å²) in [6.45, 7) is 0.466. The number of nitrogens with two attached hydrogens (primary N) is 1. The minimum Gasteiger partial charge on any atom is -0.324 e. The highest BCUT2D eigenvalue weighted by Crippen LogP contribution is 2.39. The van der Waals surface area contributed by atoms with Gasteiger partial charge in [-0.25, -0.2) is 9.97 Å². The molecule has 0 amide bonds. The van der Waals surface area contributed by atoms with Crippen LogP contribution in [-0.4, -0.2) is 15.7 Å². The lowest BCUT2D eigenvalue weighted by molar-refractivity contribution is 0.431. The van der Waals surface area contributed by atoms with Crippen molar-refractivity contribution < 1.29 is 0 Å². The first kappa shape index (κ1) is 11.5. The number of aromatic nitrogens is 2. The Hall–Kier alpha value is -0.610. The van der Waals surface area contributed by atoms with E-state index >= 15 is 0 Å². The molecular weight excluding hydrogens is 230 g/mol. The van der Waals surface area contributed by atoms with E-state index in [0.29, 0.717) is 12.5 Å². The van der Waals surface area contributed by atoms with Gasteiger partial charge in [0.25, 0.3) is 0 Å². The molecule has 92 valence electrons. The van der Waals surface area contributed by atoms with Gasteiger partial charge in [-0.2, -0.15) is 0 Å². The molecule has 2 N–H and O–H groups in total. The summed E-state index contributed by atoms with van der Waals surface area (Å²) < 4.78 is 0. The Bertz CT molecular complexity index is 413. The molecule has 1 aliphatic carbocycles. The van der Waals surface area contributed by atoms with E-state index in [4.69, 9.17) is 10.7 Å². The minimum atomic E-state index is 0.466. The van der Waals surface area contributed by atoms with Crippen LogP contribution in [0.15, 0.2) is 5.03 Å². The maximum Gasteiger partial charge on any atom is 0.143 e. The number of hydrogen-bond acceptors (Lipinski definition) is 4. The molecule has 1 saturated carbocycles. The summed E-state index contributed by atoms with van der Waals surface area (Å²) in [7, 11) is 0. The summed E-state index contributed by atoms with van der Waals surface area (Å²) in [5.41, 5.74) is 8.47. The lowest BCUT2D eigenvalue weighted by atomic mass is 9.85. The largest absolute Gasteiger partial charge is 0.324 e. The standard InChI is InChI=1S/C13H19N3S/c14-8-11-15-12(9-4-2-1-3-5-9)10-6-7-17-13(10)16-11/h9H,1-8,14H2. The average molecular weight is 249 g/mol. The quantitative estimate of drug-likeness (QED) is 0.819. The van der Waals surface area contributed by atoms with Gasteiger partial charge in [0.1, 0.15) is 10.9 Å². The summed E-state index contributed by atoms with van der Waals surface area (Å²) in [5.74, 6) is 2.67. The molecule has 2 aliphatic rings. The van der Waals surface area contributed by atoms with Crippen molar-refractivity contribution in [2.45, 2.75) is 56.0 Å². The molecule has 0 aromatic carbocycles. The van der Waals surface area contributed by atoms with Crippen LogP contribution in [0.2, 0.25) is 0 Å². The van der Waals surface area contributed by atoms with Gasteiger partial charge in [0, 0.05) is 17.2 Å². The highest BCUT2D eigenvalue weighted by molar-refractivity contribution is 7.99. The fraction of sp³-hybridized carbons (Fsp3) is 0.692. The topological polar surface area (TPSA) is 51.8 Å². The Kier molecular flexibility index (Phi) is 3.34. The second-order valence-corrected chi connectivity index (χ2v) is 6.03. The van der Waals surface area contributed by atoms with Gasteiger partial charge in [-0.3, -0.25) is 0 Å². The fourth-order valence-corrected chi connectivity index (χ4v) is 3.99. The molecule has 1 aromatic rings. The molecule has 0 spiro atoms. The lowest BCUT2D eigenvalue weighted by Gasteiger charge is -2.23. The van der Waals surface area contributed by atoms with Crippen molar-refractivity contribution in [2.75, 3.05) is 5.75 Å². The zero-order valence-electron chi connectivity index (χ0n) is 10.1. The summed E-state index contributed by atoms with van der Waals surface area (Å²) >= 11 is 1.87. The van der Waals surface area contributed by atoms with E-state index in [0.717, 1.165) is 18.0 Å². The van der Waals surface area contributed by atoms with E-state index in [2.05, 4.69) is 4.98 Å². The van der Waals surface area contributed by atoms with Gasteiger partial charge >= 0.3 is 0 Å². The highest BCUT2D eigenvalue weighted by Gasteiger charge is 2.25. The normalized spacial score (nSPS) is 20.5. The van der Waals surface area contributed by atoms with Crippen molar-refractivity contribution in [3.63, 3.8) is 0 Å². The second kappa shape index (κ2) is 4.94. The Morgan fingerprint density at radius 2 is 2.00 bits per heavy atom. The van der Waals surface area contributed by atoms with Crippen molar-refractivity contribution in [2.24, 2.45) is 5.73 Å². The lowest BCUT2D eigenvalue weighted by Crippen LogP contribution is -2.14. The second-order valence-electron chi connectivity index (χ2n) is 4.95. The van der Waals surface area contributed by atoms with E-state index in [1.165, 1.54) is 48.4 Å². The van der Waals surface area contributed by atoms with Crippen LogP contribution in [0.25, 0.3) is 0 Å². The molecule has 17 heavy (non-hydrogen) atoms. The first-order valence-electron chi connectivity index (χ1n) is 6.61. The molecule has 1 fully saturated rings. The molecule has 0 bridgehead atoms. The Morgan fingerprint density at radius 3 is 2.76 bits per heavy atom. The van der Waals surface area contributed by atoms with Crippen LogP contribution < -0.4 is 5.73 Å². The number of fused-ring (bicyclic) bond motifs is 1. The number of thioether (sulfide) groups is 1. The van der Waals surface area contributed by atoms with Crippen LogP contribution >= 0.6 is 11.8 Å². The van der Waals surface area contributed by atoms with Gasteiger partial charge in [0.15, 0.2) is 0 Å². The van der Waals surface area contributed by atoms with Crippen molar-refractivity contribution in [3.8, 4) is 0 Å². The Labute approximate surface area is 107 Å². The van der Waals surface area contributed by atoms with Crippen molar-refractivity contribution in [3.05, 3.63) is 17.1 Å². The summed E-state index contributed by atoms with van der Waals surface area (Å²) in [5, 5.41) is 1.21. The van der Waals surface area contributed by atoms with E-state index < -0.39 is 0 Å². The van der Waals surface area contributed by atoms with E-state index in [9.17, 15) is 0 Å². The van der Waals surface area contributed by atoms with Gasteiger partial charge in [0.2, 0.25) is 0 Å². The third kappa shape index (κ3) is 2.20. The number of rotatable bonds is 2. The first-order chi connectivity index (χ1) is 8.38. The molecule has 3 nitrogen and oxygen atoms in total. The monoisotopic (exact) mass is 249 g/mol. The van der Waals surface area contributed by atoms with Crippen LogP contribution in [0.3, 0.4) is 0 Å². The van der Waals surface area contributed by atoms with Crippen LogP contribution in [0.4, 0.5) is 0 Å². The maximum absolute atomic E-state index is 5.71. The molecule has 0 radical (unpaired) electrons. The van der Waals surface area contributed by atoms with Crippen LogP contribution in [-0.2, 0) is 13.0 Å². The highest BCUT2D eigenvalue weighted by atomic mass is 32.2. The number of hydrogen-bond donors (Lipinski definition) is 1. The molecule has 0 saturated heterocycles. The molecule has 2 heterocycles. The molecule has 1 aliphatic heterocycles. The van der Waals surface area contributed by atoms with Crippen molar-refractivity contribution in [1.82, 2.24) is 9.97 Å². The predicted octanol–water partition coefficient (Wildman–Crippen LogP) is 2.63. The zero-order valence-corrected chi connectivity index (χ0v) is 10.9. The molecule has 3 rings (SSSR count). The summed E-state index contributed by atoms with van der Waals surface area (Å²) in [6, 6.07) is 0. The van der Waals surface area contributed by atoms with Crippen LogP contribution in [0.1, 0.15) is 55.1 Å². The Balaban J connectivity index is 1.98. The van der Waals surface area contributed by atoms with E-state index in [1.54, 1.807) is 0 Å². The Morgan fingerprint density at radius 1 is 1.18 bits per heavy atom. The summed E-state index contributed by atoms with van der Waals surface area (Å²) in [4.78, 5) is 9.29. The molecule has 0 unspecified atom stereocenters. The van der Waals surface area contributed by atoms with E-state index in [1.807, 2.05) is 11.8 Å². The molecule has 0 atom stereocenters. The van der Waals surface area contributed by atoms with Gasteiger partial charge in [-0.15, -0.1) is 11.8 Å². The van der Waals surface area contributed by atoms with Gasteiger partial charge < -0.3 is 5.73 Å². The van der Waals surface area contributed by atoms with Gasteiger partial charge in [-0.05, 0) is 19.3 Å². The van der Waals surface area contributed by atoms with Crippen LogP contribution in [0, 0.1) is 0 Å². The zero-order chi connectivity index (χ0) is 11.7. The third-order valence-electron chi connectivity index (χ3n) is 3.81. The minimum absolute atomic E-state index is 0.466. The summed E-state index contributed by atoms with van der Waals surface area (Å²) in [6.07, 6.45) is 7.86. The first-order valence-corrected chi connectivity index (χ1v) is 7.59. The SMILES string of the molecule is NCc1nc2c(c(C3CCCCC3)n1)CCS2. The molecular formula is C13H19N3S. The maximum atomic E-state index is 5.71. The smallest absolute Gasteiger partial charge is 0.143 e. The third-order valence-corrected chi connectivity index (χ3v) is 4.83. The molecule has 4 heteroatoms. The average Bonchev–Trinajstić information content (AvgIpc) is 2.86. The van der Waals surface area contributed by atoms with Crippen LogP contribution in [0.5, 0.6) is 0 Å². The van der Waals surface area contributed by atoms with Crippen molar-refractivity contribution in [1.29, 1.82) is 0 Å². The van der Waals surface area contributed by atoms with Crippen molar-refractivity contribution >= 4 is 11.8 Å². The number of nitrogens with zero attached hydrogens (tertiary/aromatic N) is 2. The fourth-order valence-electron chi connectivity index (χ4n) is 2.93. The van der Waals surface area contributed by atoms with Gasteiger partial charge in [-0.1, -0.05) is 19.3 Å². The van der Waals surface area contributed by atoms with E-state index in [-0.39, 0.29) is 0 Å².